The minimum atomic E-state index is 0.161. The smallest absolute Gasteiger partial charge is 0.211 e. The summed E-state index contributed by atoms with van der Waals surface area (Å²) >= 11 is 1.61. The fourth-order valence-corrected chi connectivity index (χ4v) is 3.86. The average molecular weight is 340 g/mol. The van der Waals surface area contributed by atoms with Crippen LogP contribution in [0.4, 0.5) is 5.13 Å². The van der Waals surface area contributed by atoms with Crippen LogP contribution in [0.25, 0.3) is 0 Å². The monoisotopic (exact) mass is 340 g/mol. The molecule has 2 aliphatic heterocycles. The number of anilines is 1. The topological polar surface area (TPSA) is 83.6 Å². The van der Waals surface area contributed by atoms with Gasteiger partial charge in [-0.15, -0.1) is 10.2 Å². The van der Waals surface area contributed by atoms with Gasteiger partial charge in [0, 0.05) is 37.1 Å². The molecule has 0 radical (unpaired) electrons. The number of nitrogens with zero attached hydrogens (tertiary/aromatic N) is 7. The molecule has 3 aliphatic rings. The highest BCUT2D eigenvalue weighted by Gasteiger charge is 2.33. The second kappa shape index (κ2) is 5.23. The maximum Gasteiger partial charge on any atom is 0.211 e. The number of rotatable bonds is 3. The maximum atomic E-state index is 4.67. The summed E-state index contributed by atoms with van der Waals surface area (Å²) in [6, 6.07) is 0.161. The number of amidine groups is 2. The van der Waals surface area contributed by atoms with Gasteiger partial charge >= 0.3 is 0 Å². The van der Waals surface area contributed by atoms with Crippen LogP contribution in [0.2, 0.25) is 0 Å². The molecule has 0 amide bonds. The molecule has 0 saturated heterocycles. The zero-order chi connectivity index (χ0) is 16.1. The number of aryl methyl sites for hydroxylation is 1. The molecule has 4 heterocycles. The van der Waals surface area contributed by atoms with E-state index < -0.39 is 0 Å². The van der Waals surface area contributed by atoms with Crippen LogP contribution in [0.3, 0.4) is 0 Å². The fraction of sp³-hybridized carbons (Fsp3) is 0.400. The van der Waals surface area contributed by atoms with Crippen molar-refractivity contribution in [3.8, 4) is 0 Å². The number of fused-ring (bicyclic) bond motifs is 1. The minimum absolute atomic E-state index is 0.161. The quantitative estimate of drug-likeness (QED) is 0.922. The summed E-state index contributed by atoms with van der Waals surface area (Å²) in [5, 5.41) is 17.9. The van der Waals surface area contributed by atoms with Crippen molar-refractivity contribution in [2.24, 2.45) is 17.0 Å². The highest BCUT2D eigenvalue weighted by molar-refractivity contribution is 7.15. The minimum Gasteiger partial charge on any atom is -0.319 e. The lowest BCUT2D eigenvalue weighted by Gasteiger charge is -2.25. The summed E-state index contributed by atoms with van der Waals surface area (Å²) in [6.07, 6.45) is 10.1. The zero-order valence-corrected chi connectivity index (χ0v) is 13.9. The molecule has 2 aromatic rings. The van der Waals surface area contributed by atoms with Gasteiger partial charge in [0.25, 0.3) is 0 Å². The molecule has 1 atom stereocenters. The van der Waals surface area contributed by atoms with Crippen molar-refractivity contribution in [1.29, 1.82) is 0 Å². The van der Waals surface area contributed by atoms with Crippen molar-refractivity contribution in [3.05, 3.63) is 35.4 Å². The van der Waals surface area contributed by atoms with Crippen molar-refractivity contribution < 1.29 is 0 Å². The zero-order valence-electron chi connectivity index (χ0n) is 13.1. The van der Waals surface area contributed by atoms with E-state index in [2.05, 4.69) is 35.5 Å². The summed E-state index contributed by atoms with van der Waals surface area (Å²) in [4.78, 5) is 11.2. The van der Waals surface area contributed by atoms with Gasteiger partial charge in [0.1, 0.15) is 5.01 Å². The van der Waals surface area contributed by atoms with Crippen molar-refractivity contribution in [1.82, 2.24) is 24.9 Å². The van der Waals surface area contributed by atoms with Crippen LogP contribution in [-0.2, 0) is 7.05 Å². The number of aliphatic imine (C=N–C) groups is 2. The Kier molecular flexibility index (Phi) is 3.02. The van der Waals surface area contributed by atoms with E-state index in [0.717, 1.165) is 27.4 Å². The van der Waals surface area contributed by atoms with Crippen LogP contribution < -0.4 is 5.32 Å². The first-order valence-corrected chi connectivity index (χ1v) is 8.76. The lowest BCUT2D eigenvalue weighted by atomic mass is 10.1. The Morgan fingerprint density at radius 3 is 3.00 bits per heavy atom. The van der Waals surface area contributed by atoms with Gasteiger partial charge in [0.05, 0.1) is 18.8 Å². The van der Waals surface area contributed by atoms with E-state index >= 15 is 0 Å². The normalized spacial score (nSPS) is 22.4. The molecule has 1 N–H and O–H groups in total. The van der Waals surface area contributed by atoms with Gasteiger partial charge in [0.15, 0.2) is 11.7 Å². The number of hydrogen-bond donors (Lipinski definition) is 1. The Labute approximate surface area is 142 Å². The molecule has 1 aliphatic carbocycles. The molecule has 9 heteroatoms. The third-order valence-electron chi connectivity index (χ3n) is 4.34. The van der Waals surface area contributed by atoms with Crippen LogP contribution in [0.5, 0.6) is 0 Å². The fourth-order valence-electron chi connectivity index (χ4n) is 2.95. The molecule has 2 aromatic heterocycles. The molecular weight excluding hydrogens is 324 g/mol. The lowest BCUT2D eigenvalue weighted by Crippen LogP contribution is -2.37. The van der Waals surface area contributed by atoms with Crippen molar-refractivity contribution in [3.63, 3.8) is 0 Å². The Morgan fingerprint density at radius 2 is 2.21 bits per heavy atom. The average Bonchev–Trinajstić information content (AvgIpc) is 2.97. The molecule has 0 bridgehead atoms. The van der Waals surface area contributed by atoms with Crippen LogP contribution in [0, 0.1) is 0 Å². The highest BCUT2D eigenvalue weighted by Crippen LogP contribution is 2.42. The van der Waals surface area contributed by atoms with E-state index in [-0.39, 0.29) is 6.04 Å². The van der Waals surface area contributed by atoms with Crippen molar-refractivity contribution in [2.45, 2.75) is 24.8 Å². The van der Waals surface area contributed by atoms with E-state index in [1.165, 1.54) is 12.8 Å². The van der Waals surface area contributed by atoms with Crippen molar-refractivity contribution >= 4 is 28.1 Å². The summed E-state index contributed by atoms with van der Waals surface area (Å²) in [5.41, 5.74) is 1.15. The third-order valence-corrected chi connectivity index (χ3v) is 5.34. The van der Waals surface area contributed by atoms with E-state index in [1.54, 1.807) is 17.5 Å². The van der Waals surface area contributed by atoms with E-state index in [0.29, 0.717) is 12.5 Å². The summed E-state index contributed by atoms with van der Waals surface area (Å²) < 4.78 is 1.81. The van der Waals surface area contributed by atoms with Gasteiger partial charge in [-0.1, -0.05) is 11.3 Å². The number of nitrogens with one attached hydrogen (secondary N) is 1. The van der Waals surface area contributed by atoms with Gasteiger partial charge in [-0.25, -0.2) is 4.99 Å². The van der Waals surface area contributed by atoms with Crippen LogP contribution in [-0.4, -0.2) is 43.1 Å². The SMILES string of the molecule is Cn1cc(C2CN=C3C(Nc4nnc(C5CC5)s4)=NC=CN32)cn1. The number of hydrogen-bond acceptors (Lipinski definition) is 8. The molecule has 5 rings (SSSR count). The van der Waals surface area contributed by atoms with Crippen LogP contribution in [0.15, 0.2) is 34.8 Å². The molecular formula is C15H16N8S. The van der Waals surface area contributed by atoms with Gasteiger partial charge in [0.2, 0.25) is 5.13 Å². The second-order valence-electron chi connectivity index (χ2n) is 6.16. The van der Waals surface area contributed by atoms with E-state index in [4.69, 9.17) is 0 Å². The molecule has 1 unspecified atom stereocenters. The summed E-state index contributed by atoms with van der Waals surface area (Å²) in [6.45, 7) is 0.690. The van der Waals surface area contributed by atoms with Crippen molar-refractivity contribution in [2.75, 3.05) is 11.9 Å². The number of aromatic nitrogens is 4. The Balaban J connectivity index is 1.36. The molecule has 8 nitrogen and oxygen atoms in total. The molecule has 24 heavy (non-hydrogen) atoms. The van der Waals surface area contributed by atoms with Crippen LogP contribution in [0.1, 0.15) is 35.4 Å². The second-order valence-corrected chi connectivity index (χ2v) is 7.16. The van der Waals surface area contributed by atoms with Gasteiger partial charge in [-0.05, 0) is 12.8 Å². The van der Waals surface area contributed by atoms with Gasteiger partial charge in [-0.2, -0.15) is 5.10 Å². The Morgan fingerprint density at radius 1 is 1.29 bits per heavy atom. The largest absolute Gasteiger partial charge is 0.319 e. The lowest BCUT2D eigenvalue weighted by molar-refractivity contribution is 0.458. The first-order valence-electron chi connectivity index (χ1n) is 7.94. The predicted octanol–water partition coefficient (Wildman–Crippen LogP) is 1.90. The van der Waals surface area contributed by atoms with E-state index in [9.17, 15) is 0 Å². The Bertz CT molecular complexity index is 872. The maximum absolute atomic E-state index is 4.67. The third kappa shape index (κ3) is 2.32. The molecule has 1 saturated carbocycles. The Hall–Kier alpha value is -2.55. The standard InChI is InChI=1S/C15H16N8S/c1-22-8-10(6-18-22)11-7-17-13-12(16-4-5-23(11)13)19-15-21-20-14(24-15)9-2-3-9/h4-6,8-9,11H,2-3,7H2,1H3,(H,16,19,21). The van der Waals surface area contributed by atoms with Crippen LogP contribution >= 0.6 is 11.3 Å². The van der Waals surface area contributed by atoms with Gasteiger partial charge in [-0.3, -0.25) is 9.67 Å². The summed E-state index contributed by atoms with van der Waals surface area (Å²) in [5.74, 6) is 2.18. The summed E-state index contributed by atoms with van der Waals surface area (Å²) in [7, 11) is 1.92. The molecule has 0 spiro atoms. The van der Waals surface area contributed by atoms with E-state index in [1.807, 2.05) is 30.3 Å². The molecule has 1 fully saturated rings. The van der Waals surface area contributed by atoms with Gasteiger partial charge < -0.3 is 10.2 Å². The first kappa shape index (κ1) is 13.8. The first-order chi connectivity index (χ1) is 11.8. The predicted molar refractivity (Wildman–Crippen MR) is 92.2 cm³/mol. The molecule has 0 aromatic carbocycles. The molecule has 122 valence electrons. The highest BCUT2D eigenvalue weighted by atomic mass is 32.1.